The van der Waals surface area contributed by atoms with Crippen molar-refractivity contribution in [3.63, 3.8) is 0 Å². The normalized spacial score (nSPS) is 16.5. The van der Waals surface area contributed by atoms with Gasteiger partial charge in [0.2, 0.25) is 0 Å². The first kappa shape index (κ1) is 16.9. The summed E-state index contributed by atoms with van der Waals surface area (Å²) < 4.78 is 7.88. The van der Waals surface area contributed by atoms with Crippen molar-refractivity contribution in [2.75, 3.05) is 18.5 Å². The van der Waals surface area contributed by atoms with E-state index in [4.69, 9.17) is 9.72 Å². The SMILES string of the molecule is c1ccc(-c2nc3ncnc(NC[C@@H]4CCCO4)c3n2-c2ccccc2)cc1. The lowest BCUT2D eigenvalue weighted by Crippen LogP contribution is -2.19. The Kier molecular flexibility index (Phi) is 4.47. The highest BCUT2D eigenvalue weighted by Crippen LogP contribution is 2.31. The lowest BCUT2D eigenvalue weighted by Gasteiger charge is -2.14. The van der Waals surface area contributed by atoms with Gasteiger partial charge in [0.25, 0.3) is 0 Å². The molecule has 0 amide bonds. The minimum atomic E-state index is 0.228. The fourth-order valence-corrected chi connectivity index (χ4v) is 3.67. The second-order valence-electron chi connectivity index (χ2n) is 6.88. The van der Waals surface area contributed by atoms with Crippen LogP contribution in [0.25, 0.3) is 28.2 Å². The zero-order valence-corrected chi connectivity index (χ0v) is 15.5. The van der Waals surface area contributed by atoms with Crippen LogP contribution in [-0.2, 0) is 4.74 Å². The Morgan fingerprint density at radius 2 is 1.79 bits per heavy atom. The maximum Gasteiger partial charge on any atom is 0.184 e. The summed E-state index contributed by atoms with van der Waals surface area (Å²) in [6, 6.07) is 20.4. The van der Waals surface area contributed by atoms with E-state index in [1.165, 1.54) is 0 Å². The Morgan fingerprint density at radius 3 is 2.54 bits per heavy atom. The molecule has 0 spiro atoms. The van der Waals surface area contributed by atoms with Gasteiger partial charge < -0.3 is 10.1 Å². The van der Waals surface area contributed by atoms with Crippen LogP contribution in [0.4, 0.5) is 5.82 Å². The van der Waals surface area contributed by atoms with E-state index in [1.807, 2.05) is 36.4 Å². The van der Waals surface area contributed by atoms with Gasteiger partial charge in [0.15, 0.2) is 11.5 Å². The number of aromatic nitrogens is 4. The van der Waals surface area contributed by atoms with Gasteiger partial charge in [-0.1, -0.05) is 48.5 Å². The molecule has 2 aromatic heterocycles. The summed E-state index contributed by atoms with van der Waals surface area (Å²) in [7, 11) is 0. The van der Waals surface area contributed by atoms with Crippen LogP contribution in [-0.4, -0.2) is 38.8 Å². The predicted octanol–water partition coefficient (Wildman–Crippen LogP) is 4.07. The minimum Gasteiger partial charge on any atom is -0.376 e. The highest BCUT2D eigenvalue weighted by Gasteiger charge is 2.20. The van der Waals surface area contributed by atoms with Crippen molar-refractivity contribution < 1.29 is 4.74 Å². The van der Waals surface area contributed by atoms with Gasteiger partial charge >= 0.3 is 0 Å². The third-order valence-electron chi connectivity index (χ3n) is 5.02. The van der Waals surface area contributed by atoms with Crippen molar-refractivity contribution in [2.45, 2.75) is 18.9 Å². The smallest absolute Gasteiger partial charge is 0.184 e. The van der Waals surface area contributed by atoms with Crippen LogP contribution in [0.5, 0.6) is 0 Å². The second kappa shape index (κ2) is 7.40. The Bertz CT molecular complexity index is 1070. The average molecular weight is 371 g/mol. The third-order valence-corrected chi connectivity index (χ3v) is 5.02. The lowest BCUT2D eigenvalue weighted by atomic mass is 10.2. The molecule has 0 unspecified atom stereocenters. The van der Waals surface area contributed by atoms with Crippen LogP contribution >= 0.6 is 0 Å². The van der Waals surface area contributed by atoms with E-state index >= 15 is 0 Å². The van der Waals surface area contributed by atoms with Gasteiger partial charge in [-0.05, 0) is 25.0 Å². The van der Waals surface area contributed by atoms with Gasteiger partial charge in [-0.15, -0.1) is 0 Å². The first-order valence-electron chi connectivity index (χ1n) is 9.60. The highest BCUT2D eigenvalue weighted by atomic mass is 16.5. The molecule has 3 heterocycles. The molecule has 1 N–H and O–H groups in total. The monoisotopic (exact) mass is 371 g/mol. The summed E-state index contributed by atoms with van der Waals surface area (Å²) in [6.45, 7) is 1.57. The Labute approximate surface area is 163 Å². The quantitative estimate of drug-likeness (QED) is 0.573. The van der Waals surface area contributed by atoms with Crippen molar-refractivity contribution >= 4 is 17.0 Å². The molecular weight excluding hydrogens is 350 g/mol. The Hall–Kier alpha value is -3.25. The van der Waals surface area contributed by atoms with Crippen LogP contribution < -0.4 is 5.32 Å². The highest BCUT2D eigenvalue weighted by molar-refractivity contribution is 5.88. The average Bonchev–Trinajstić information content (AvgIpc) is 3.41. The molecule has 0 saturated carbocycles. The van der Waals surface area contributed by atoms with E-state index in [0.29, 0.717) is 5.65 Å². The van der Waals surface area contributed by atoms with Gasteiger partial charge in [-0.25, -0.2) is 15.0 Å². The molecule has 4 aromatic rings. The molecule has 0 radical (unpaired) electrons. The molecular formula is C22H21N5O. The minimum absolute atomic E-state index is 0.228. The molecule has 28 heavy (non-hydrogen) atoms. The maximum atomic E-state index is 5.75. The fraction of sp³-hybridized carbons (Fsp3) is 0.227. The first-order valence-corrected chi connectivity index (χ1v) is 9.60. The van der Waals surface area contributed by atoms with E-state index in [9.17, 15) is 0 Å². The summed E-state index contributed by atoms with van der Waals surface area (Å²) in [5.74, 6) is 1.63. The largest absolute Gasteiger partial charge is 0.376 e. The van der Waals surface area contributed by atoms with Crippen LogP contribution in [0.1, 0.15) is 12.8 Å². The van der Waals surface area contributed by atoms with Gasteiger partial charge in [0.1, 0.15) is 17.7 Å². The Morgan fingerprint density at radius 1 is 1.00 bits per heavy atom. The van der Waals surface area contributed by atoms with Crippen LogP contribution in [0.2, 0.25) is 0 Å². The summed E-state index contributed by atoms with van der Waals surface area (Å²) in [5.41, 5.74) is 3.62. The molecule has 1 atom stereocenters. The molecule has 1 aliphatic rings. The molecule has 5 rings (SSSR count). The van der Waals surface area contributed by atoms with Crippen LogP contribution in [0.15, 0.2) is 67.0 Å². The number of fused-ring (bicyclic) bond motifs is 1. The number of ether oxygens (including phenoxy) is 1. The van der Waals surface area contributed by atoms with E-state index in [1.54, 1.807) is 6.33 Å². The van der Waals surface area contributed by atoms with Crippen LogP contribution in [0, 0.1) is 0 Å². The lowest BCUT2D eigenvalue weighted by molar-refractivity contribution is 0.120. The van der Waals surface area contributed by atoms with E-state index < -0.39 is 0 Å². The number of hydrogen-bond donors (Lipinski definition) is 1. The number of rotatable bonds is 5. The number of benzene rings is 2. The number of para-hydroxylation sites is 1. The fourth-order valence-electron chi connectivity index (χ4n) is 3.67. The predicted molar refractivity (Wildman–Crippen MR) is 110 cm³/mol. The number of anilines is 1. The second-order valence-corrected chi connectivity index (χ2v) is 6.88. The van der Waals surface area contributed by atoms with Crippen molar-refractivity contribution in [3.8, 4) is 17.1 Å². The molecule has 1 saturated heterocycles. The molecule has 2 aromatic carbocycles. The summed E-state index contributed by atoms with van der Waals surface area (Å²) in [4.78, 5) is 13.8. The van der Waals surface area contributed by atoms with Crippen molar-refractivity contribution in [2.24, 2.45) is 0 Å². The summed E-state index contributed by atoms with van der Waals surface area (Å²) in [6.07, 6.45) is 3.99. The molecule has 6 heteroatoms. The van der Waals surface area contributed by atoms with Crippen LogP contribution in [0.3, 0.4) is 0 Å². The zero-order chi connectivity index (χ0) is 18.8. The van der Waals surface area contributed by atoms with Gasteiger partial charge in [0.05, 0.1) is 6.10 Å². The van der Waals surface area contributed by atoms with E-state index in [2.05, 4.69) is 44.1 Å². The van der Waals surface area contributed by atoms with Crippen molar-refractivity contribution in [3.05, 3.63) is 67.0 Å². The molecule has 0 bridgehead atoms. The number of hydrogen-bond acceptors (Lipinski definition) is 5. The molecule has 0 aliphatic carbocycles. The molecule has 6 nitrogen and oxygen atoms in total. The molecule has 140 valence electrons. The maximum absolute atomic E-state index is 5.75. The number of imidazole rings is 1. The molecule has 1 fully saturated rings. The third kappa shape index (κ3) is 3.12. The summed E-state index contributed by atoms with van der Waals surface area (Å²) in [5, 5.41) is 3.47. The molecule has 1 aliphatic heterocycles. The number of nitrogens with one attached hydrogen (secondary N) is 1. The van der Waals surface area contributed by atoms with E-state index in [-0.39, 0.29) is 6.10 Å². The van der Waals surface area contributed by atoms with Crippen molar-refractivity contribution in [1.82, 2.24) is 19.5 Å². The topological polar surface area (TPSA) is 64.9 Å². The van der Waals surface area contributed by atoms with Crippen molar-refractivity contribution in [1.29, 1.82) is 0 Å². The standard InChI is InChI=1S/C22H21N5O/c1-3-8-16(9-4-1)22-26-21-19(27(22)17-10-5-2-6-11-17)20(24-15-25-21)23-14-18-12-7-13-28-18/h1-6,8-11,15,18H,7,12-14H2,(H,23,24,25)/t18-/m0/s1. The first-order chi connectivity index (χ1) is 13.9. The number of nitrogens with zero attached hydrogens (tertiary/aromatic N) is 4. The summed E-state index contributed by atoms with van der Waals surface area (Å²) >= 11 is 0. The van der Waals surface area contributed by atoms with Gasteiger partial charge in [-0.2, -0.15) is 0 Å². The zero-order valence-electron chi connectivity index (χ0n) is 15.5. The van der Waals surface area contributed by atoms with Gasteiger partial charge in [-0.3, -0.25) is 4.57 Å². The Balaban J connectivity index is 1.67. The van der Waals surface area contributed by atoms with Gasteiger partial charge in [0, 0.05) is 24.4 Å². The van der Waals surface area contributed by atoms with E-state index in [0.717, 1.165) is 54.4 Å².